The summed E-state index contributed by atoms with van der Waals surface area (Å²) in [6.45, 7) is 2.01. The molecule has 0 spiro atoms. The molecule has 3 aromatic rings. The van der Waals surface area contributed by atoms with Crippen LogP contribution in [-0.2, 0) is 10.0 Å². The van der Waals surface area contributed by atoms with Gasteiger partial charge in [-0.25, -0.2) is 12.8 Å². The van der Waals surface area contributed by atoms with Gasteiger partial charge in [-0.15, -0.1) is 0 Å². The Balaban J connectivity index is 1.56. The predicted octanol–water partition coefficient (Wildman–Crippen LogP) is 4.05. The number of fused-ring (bicyclic) bond motifs is 1. The van der Waals surface area contributed by atoms with Crippen LogP contribution < -0.4 is 14.4 Å². The van der Waals surface area contributed by atoms with Gasteiger partial charge < -0.3 is 10.1 Å². The number of ether oxygens (including phenoxy) is 1. The average molecular weight is 426 g/mol. The first kappa shape index (κ1) is 19.9. The fraction of sp³-hybridized carbons (Fsp3) is 0.136. The summed E-state index contributed by atoms with van der Waals surface area (Å²) in [5.41, 5.74) is 1.22. The number of carbonyl (C=O) groups is 1. The second kappa shape index (κ2) is 7.79. The highest BCUT2D eigenvalue weighted by atomic mass is 32.2. The van der Waals surface area contributed by atoms with Crippen LogP contribution in [0, 0.1) is 5.82 Å². The maximum atomic E-state index is 13.2. The van der Waals surface area contributed by atoms with Gasteiger partial charge in [0.05, 0.1) is 17.1 Å². The first-order valence-corrected chi connectivity index (χ1v) is 10.7. The summed E-state index contributed by atoms with van der Waals surface area (Å²) in [4.78, 5) is 12.4. The van der Waals surface area contributed by atoms with Crippen molar-refractivity contribution in [1.82, 2.24) is 0 Å². The Kier molecular flexibility index (Phi) is 5.17. The zero-order valence-corrected chi connectivity index (χ0v) is 16.9. The molecule has 0 fully saturated rings. The largest absolute Gasteiger partial charge is 0.487 e. The molecule has 3 aromatic carbocycles. The molecule has 1 aliphatic heterocycles. The second-order valence-corrected chi connectivity index (χ2v) is 8.78. The average Bonchev–Trinajstić information content (AvgIpc) is 2.74. The van der Waals surface area contributed by atoms with Gasteiger partial charge in [0.1, 0.15) is 17.7 Å². The number of carbonyl (C=O) groups excluding carboxylic acids is 1. The first-order valence-electron chi connectivity index (χ1n) is 9.30. The molecule has 0 radical (unpaired) electrons. The minimum absolute atomic E-state index is 0.103. The molecule has 4 rings (SSSR count). The lowest BCUT2D eigenvalue weighted by atomic mass is 10.2. The topological polar surface area (TPSA) is 75.7 Å². The van der Waals surface area contributed by atoms with Crippen LogP contribution in [0.1, 0.15) is 17.3 Å². The first-order chi connectivity index (χ1) is 14.3. The lowest BCUT2D eigenvalue weighted by Crippen LogP contribution is -2.42. The third-order valence-electron chi connectivity index (χ3n) is 4.69. The van der Waals surface area contributed by atoms with E-state index in [1.807, 2.05) is 6.92 Å². The molecule has 154 valence electrons. The van der Waals surface area contributed by atoms with Crippen molar-refractivity contribution in [3.8, 4) is 5.75 Å². The molecular formula is C22H19FN2O4S. The van der Waals surface area contributed by atoms with E-state index in [0.717, 1.165) is 0 Å². The molecule has 1 aliphatic rings. The Labute approximate surface area is 174 Å². The van der Waals surface area contributed by atoms with Crippen LogP contribution in [0.3, 0.4) is 0 Å². The van der Waals surface area contributed by atoms with E-state index >= 15 is 0 Å². The summed E-state index contributed by atoms with van der Waals surface area (Å²) in [5.74, 6) is -0.329. The van der Waals surface area contributed by atoms with Crippen molar-refractivity contribution < 1.29 is 22.3 Å². The van der Waals surface area contributed by atoms with E-state index < -0.39 is 21.7 Å². The van der Waals surface area contributed by atoms with E-state index in [-0.39, 0.29) is 17.5 Å². The Bertz CT molecular complexity index is 1180. The van der Waals surface area contributed by atoms with Gasteiger partial charge in [-0.2, -0.15) is 0 Å². The number of hydrogen-bond donors (Lipinski definition) is 1. The lowest BCUT2D eigenvalue weighted by molar-refractivity contribution is 0.102. The molecule has 1 heterocycles. The van der Waals surface area contributed by atoms with Crippen LogP contribution in [0.4, 0.5) is 15.8 Å². The molecule has 0 bridgehead atoms. The van der Waals surface area contributed by atoms with Gasteiger partial charge in [0.2, 0.25) is 0 Å². The third-order valence-corrected chi connectivity index (χ3v) is 6.49. The highest BCUT2D eigenvalue weighted by Gasteiger charge is 2.32. The molecule has 8 heteroatoms. The third kappa shape index (κ3) is 3.86. The summed E-state index contributed by atoms with van der Waals surface area (Å²) in [6.07, 6.45) is -0.288. The summed E-state index contributed by atoms with van der Waals surface area (Å²) in [5, 5.41) is 2.67. The van der Waals surface area contributed by atoms with Crippen LogP contribution >= 0.6 is 0 Å². The van der Waals surface area contributed by atoms with Crippen molar-refractivity contribution in [2.24, 2.45) is 0 Å². The van der Waals surface area contributed by atoms with Gasteiger partial charge >= 0.3 is 0 Å². The van der Waals surface area contributed by atoms with Crippen molar-refractivity contribution in [3.05, 3.63) is 84.2 Å². The van der Waals surface area contributed by atoms with E-state index in [4.69, 9.17) is 4.74 Å². The van der Waals surface area contributed by atoms with Gasteiger partial charge in [-0.1, -0.05) is 12.1 Å². The molecule has 6 nitrogen and oxygen atoms in total. The lowest BCUT2D eigenvalue weighted by Gasteiger charge is -2.34. The number of nitrogens with one attached hydrogen (secondary N) is 1. The monoisotopic (exact) mass is 426 g/mol. The molecular weight excluding hydrogens is 407 g/mol. The number of amides is 1. The van der Waals surface area contributed by atoms with Crippen molar-refractivity contribution in [2.75, 3.05) is 16.2 Å². The van der Waals surface area contributed by atoms with E-state index in [2.05, 4.69) is 5.32 Å². The zero-order valence-electron chi connectivity index (χ0n) is 16.1. The summed E-state index contributed by atoms with van der Waals surface area (Å²) >= 11 is 0. The minimum Gasteiger partial charge on any atom is -0.487 e. The number of nitrogens with zero attached hydrogens (tertiary/aromatic N) is 1. The molecule has 1 amide bonds. The quantitative estimate of drug-likeness (QED) is 0.683. The smallest absolute Gasteiger partial charge is 0.264 e. The highest BCUT2D eigenvalue weighted by Crippen LogP contribution is 2.36. The van der Waals surface area contributed by atoms with E-state index in [1.165, 1.54) is 52.8 Å². The molecule has 1 N–H and O–H groups in total. The van der Waals surface area contributed by atoms with Gasteiger partial charge in [0.15, 0.2) is 0 Å². The molecule has 1 atom stereocenters. The van der Waals surface area contributed by atoms with Gasteiger partial charge in [-0.3, -0.25) is 9.10 Å². The number of halogens is 1. The van der Waals surface area contributed by atoms with Crippen molar-refractivity contribution >= 4 is 27.3 Å². The molecule has 0 saturated carbocycles. The normalized spacial score (nSPS) is 15.8. The molecule has 0 saturated heterocycles. The molecule has 0 unspecified atom stereocenters. The molecule has 0 aliphatic carbocycles. The van der Waals surface area contributed by atoms with Crippen LogP contribution in [0.15, 0.2) is 77.7 Å². The summed E-state index contributed by atoms with van der Waals surface area (Å²) < 4.78 is 46.5. The number of rotatable bonds is 4. The molecule has 0 aromatic heterocycles. The second-order valence-electron chi connectivity index (χ2n) is 6.92. The maximum absolute atomic E-state index is 13.2. The Morgan fingerprint density at radius 1 is 1.03 bits per heavy atom. The zero-order chi connectivity index (χ0) is 21.3. The Hall–Kier alpha value is -3.39. The molecule has 30 heavy (non-hydrogen) atoms. The Morgan fingerprint density at radius 2 is 1.70 bits per heavy atom. The SMILES string of the molecule is C[C@@H]1CN(S(=O)(=O)c2ccc(NC(=O)c3ccc(F)cc3)cc2)c2ccccc2O1. The standard InChI is InChI=1S/C22H19FN2O4S/c1-15-14-25(20-4-2-3-5-21(20)29-15)30(27,28)19-12-10-18(11-13-19)24-22(26)16-6-8-17(23)9-7-16/h2-13,15H,14H2,1H3,(H,24,26)/t15-/m1/s1. The van der Waals surface area contributed by atoms with Gasteiger partial charge in [0.25, 0.3) is 15.9 Å². The number of anilines is 2. The van der Waals surface area contributed by atoms with Crippen LogP contribution in [0.5, 0.6) is 5.75 Å². The van der Waals surface area contributed by atoms with E-state index in [0.29, 0.717) is 22.7 Å². The fourth-order valence-corrected chi connectivity index (χ4v) is 4.77. The minimum atomic E-state index is -3.81. The van der Waals surface area contributed by atoms with Crippen LogP contribution in [-0.4, -0.2) is 27.0 Å². The van der Waals surface area contributed by atoms with Crippen molar-refractivity contribution in [1.29, 1.82) is 0 Å². The Morgan fingerprint density at radius 3 is 2.40 bits per heavy atom. The number of para-hydroxylation sites is 2. The summed E-state index contributed by atoms with van der Waals surface area (Å²) in [6, 6.07) is 18.1. The van der Waals surface area contributed by atoms with E-state index in [1.54, 1.807) is 24.3 Å². The number of sulfonamides is 1. The summed E-state index contributed by atoms with van der Waals surface area (Å²) in [7, 11) is -3.81. The van der Waals surface area contributed by atoms with Crippen molar-refractivity contribution in [2.45, 2.75) is 17.9 Å². The number of hydrogen-bond acceptors (Lipinski definition) is 4. The van der Waals surface area contributed by atoms with Crippen LogP contribution in [0.2, 0.25) is 0 Å². The number of benzene rings is 3. The van der Waals surface area contributed by atoms with E-state index in [9.17, 15) is 17.6 Å². The maximum Gasteiger partial charge on any atom is 0.264 e. The van der Waals surface area contributed by atoms with Crippen LogP contribution in [0.25, 0.3) is 0 Å². The van der Waals surface area contributed by atoms with Gasteiger partial charge in [0, 0.05) is 11.3 Å². The fourth-order valence-electron chi connectivity index (χ4n) is 3.22. The predicted molar refractivity (Wildman–Crippen MR) is 112 cm³/mol. The van der Waals surface area contributed by atoms with Crippen molar-refractivity contribution in [3.63, 3.8) is 0 Å². The van der Waals surface area contributed by atoms with Gasteiger partial charge in [-0.05, 0) is 67.6 Å². The highest BCUT2D eigenvalue weighted by molar-refractivity contribution is 7.92.